The molecular formula is C13H21N3O3. The molecule has 0 radical (unpaired) electrons. The molecule has 0 spiro atoms. The first-order chi connectivity index (χ1) is 8.93. The van der Waals surface area contributed by atoms with E-state index in [1.54, 1.807) is 17.8 Å². The topological polar surface area (TPSA) is 86.3 Å². The van der Waals surface area contributed by atoms with Crippen LogP contribution in [-0.2, 0) is 16.6 Å². The van der Waals surface area contributed by atoms with Crippen LogP contribution in [0.4, 0.5) is 5.69 Å². The van der Waals surface area contributed by atoms with Crippen LogP contribution in [0, 0.1) is 0 Å². The number of aryl methyl sites for hydroxylation is 1. The molecule has 1 heterocycles. The molecule has 19 heavy (non-hydrogen) atoms. The van der Waals surface area contributed by atoms with Crippen molar-refractivity contribution in [1.29, 1.82) is 0 Å². The summed E-state index contributed by atoms with van der Waals surface area (Å²) in [6.45, 7) is 3.68. The smallest absolute Gasteiger partial charge is 0.355 e. The molecule has 0 fully saturated rings. The van der Waals surface area contributed by atoms with E-state index in [2.05, 4.69) is 5.32 Å². The summed E-state index contributed by atoms with van der Waals surface area (Å²) in [4.78, 5) is 23.3. The number of ether oxygens (including phenoxy) is 1. The number of nitrogens with zero attached hydrogens (tertiary/aromatic N) is 1. The van der Waals surface area contributed by atoms with Gasteiger partial charge in [0.2, 0.25) is 0 Å². The fourth-order valence-electron chi connectivity index (χ4n) is 1.82. The molecule has 0 saturated carbocycles. The van der Waals surface area contributed by atoms with Crippen molar-refractivity contribution in [2.24, 2.45) is 7.05 Å². The molecule has 1 atom stereocenters. The van der Waals surface area contributed by atoms with Crippen LogP contribution in [0.5, 0.6) is 0 Å². The minimum absolute atomic E-state index is 0.0851. The van der Waals surface area contributed by atoms with Gasteiger partial charge in [-0.1, -0.05) is 13.3 Å². The molecule has 0 aromatic carbocycles. The van der Waals surface area contributed by atoms with Crippen molar-refractivity contribution >= 4 is 17.6 Å². The lowest BCUT2D eigenvalue weighted by Gasteiger charge is -2.12. The SMILES string of the molecule is CCCC(C)NC(=O)COC(=O)c1cc(N)cn1C. The van der Waals surface area contributed by atoms with E-state index < -0.39 is 5.97 Å². The first-order valence-electron chi connectivity index (χ1n) is 6.32. The lowest BCUT2D eigenvalue weighted by molar-refractivity contribution is -0.124. The van der Waals surface area contributed by atoms with Crippen molar-refractivity contribution in [2.45, 2.75) is 32.7 Å². The first kappa shape index (κ1) is 15.1. The Balaban J connectivity index is 2.42. The monoisotopic (exact) mass is 267 g/mol. The number of carbonyl (C=O) groups is 2. The number of aromatic nitrogens is 1. The number of nitrogens with one attached hydrogen (secondary N) is 1. The maximum absolute atomic E-state index is 11.7. The molecule has 6 nitrogen and oxygen atoms in total. The fraction of sp³-hybridized carbons (Fsp3) is 0.538. The highest BCUT2D eigenvalue weighted by Crippen LogP contribution is 2.09. The summed E-state index contributed by atoms with van der Waals surface area (Å²) in [5, 5.41) is 2.76. The Labute approximate surface area is 112 Å². The molecule has 3 N–H and O–H groups in total. The number of anilines is 1. The molecule has 6 heteroatoms. The Morgan fingerprint density at radius 1 is 1.53 bits per heavy atom. The average molecular weight is 267 g/mol. The molecular weight excluding hydrogens is 246 g/mol. The van der Waals surface area contributed by atoms with Crippen molar-refractivity contribution in [3.05, 3.63) is 18.0 Å². The minimum Gasteiger partial charge on any atom is -0.451 e. The summed E-state index contributed by atoms with van der Waals surface area (Å²) in [5.41, 5.74) is 6.37. The van der Waals surface area contributed by atoms with Crippen LogP contribution in [0.3, 0.4) is 0 Å². The third-order valence-electron chi connectivity index (χ3n) is 2.70. The summed E-state index contributed by atoms with van der Waals surface area (Å²) >= 11 is 0. The standard InChI is InChI=1S/C13H21N3O3/c1-4-5-9(2)15-12(17)8-19-13(18)11-6-10(14)7-16(11)3/h6-7,9H,4-5,8,14H2,1-3H3,(H,15,17). The quantitative estimate of drug-likeness (QED) is 0.755. The molecule has 1 aromatic heterocycles. The molecule has 1 aromatic rings. The Kier molecular flexibility index (Phi) is 5.41. The normalized spacial score (nSPS) is 11.9. The van der Waals surface area contributed by atoms with Gasteiger partial charge >= 0.3 is 5.97 Å². The van der Waals surface area contributed by atoms with Crippen LogP contribution in [0.15, 0.2) is 12.3 Å². The van der Waals surface area contributed by atoms with Gasteiger partial charge in [0.25, 0.3) is 5.91 Å². The second-order valence-corrected chi connectivity index (χ2v) is 4.60. The third kappa shape index (κ3) is 4.65. The van der Waals surface area contributed by atoms with E-state index in [-0.39, 0.29) is 18.6 Å². The predicted octanol–water partition coefficient (Wildman–Crippen LogP) is 1.07. The number of hydrogen-bond donors (Lipinski definition) is 2. The first-order valence-corrected chi connectivity index (χ1v) is 6.32. The van der Waals surface area contributed by atoms with Gasteiger partial charge < -0.3 is 20.4 Å². The lowest BCUT2D eigenvalue weighted by atomic mass is 10.2. The number of hydrogen-bond acceptors (Lipinski definition) is 4. The second kappa shape index (κ2) is 6.82. The third-order valence-corrected chi connectivity index (χ3v) is 2.70. The largest absolute Gasteiger partial charge is 0.451 e. The van der Waals surface area contributed by atoms with Crippen molar-refractivity contribution < 1.29 is 14.3 Å². The average Bonchev–Trinajstić information content (AvgIpc) is 2.65. The van der Waals surface area contributed by atoms with Crippen LogP contribution >= 0.6 is 0 Å². The van der Waals surface area contributed by atoms with Crippen LogP contribution in [0.1, 0.15) is 37.2 Å². The van der Waals surface area contributed by atoms with Crippen molar-refractivity contribution in [2.75, 3.05) is 12.3 Å². The van der Waals surface area contributed by atoms with E-state index in [0.29, 0.717) is 11.4 Å². The zero-order valence-corrected chi connectivity index (χ0v) is 11.6. The predicted molar refractivity (Wildman–Crippen MR) is 72.6 cm³/mol. The van der Waals surface area contributed by atoms with Gasteiger partial charge in [-0.05, 0) is 19.4 Å². The summed E-state index contributed by atoms with van der Waals surface area (Å²) in [5.74, 6) is -0.853. The second-order valence-electron chi connectivity index (χ2n) is 4.60. The van der Waals surface area contributed by atoms with Gasteiger partial charge in [-0.2, -0.15) is 0 Å². The van der Waals surface area contributed by atoms with Gasteiger partial charge in [0.1, 0.15) is 5.69 Å². The molecule has 1 rings (SSSR count). The van der Waals surface area contributed by atoms with Gasteiger partial charge in [-0.15, -0.1) is 0 Å². The van der Waals surface area contributed by atoms with E-state index in [1.807, 2.05) is 13.8 Å². The zero-order chi connectivity index (χ0) is 14.4. The number of esters is 1. The van der Waals surface area contributed by atoms with E-state index in [0.717, 1.165) is 12.8 Å². The van der Waals surface area contributed by atoms with E-state index in [4.69, 9.17) is 10.5 Å². The molecule has 0 aliphatic carbocycles. The Morgan fingerprint density at radius 3 is 2.74 bits per heavy atom. The summed E-state index contributed by atoms with van der Waals surface area (Å²) in [7, 11) is 1.69. The molecule has 0 bridgehead atoms. The molecule has 1 unspecified atom stereocenters. The van der Waals surface area contributed by atoms with Crippen molar-refractivity contribution in [3.8, 4) is 0 Å². The highest BCUT2D eigenvalue weighted by Gasteiger charge is 2.14. The zero-order valence-electron chi connectivity index (χ0n) is 11.6. The Morgan fingerprint density at radius 2 is 2.21 bits per heavy atom. The van der Waals surface area contributed by atoms with Gasteiger partial charge in [-0.25, -0.2) is 4.79 Å². The number of carbonyl (C=O) groups excluding carboxylic acids is 2. The van der Waals surface area contributed by atoms with E-state index in [1.165, 1.54) is 6.07 Å². The van der Waals surface area contributed by atoms with Crippen molar-refractivity contribution in [3.63, 3.8) is 0 Å². The maximum Gasteiger partial charge on any atom is 0.355 e. The van der Waals surface area contributed by atoms with Crippen LogP contribution in [0.2, 0.25) is 0 Å². The molecule has 106 valence electrons. The summed E-state index contributed by atoms with van der Waals surface area (Å²) in [6, 6.07) is 1.60. The molecule has 0 saturated heterocycles. The van der Waals surface area contributed by atoms with Crippen LogP contribution in [-0.4, -0.2) is 29.1 Å². The molecule has 0 aliphatic rings. The number of nitrogen functional groups attached to an aromatic ring is 1. The van der Waals surface area contributed by atoms with Gasteiger partial charge in [0.05, 0.1) is 5.69 Å². The van der Waals surface area contributed by atoms with E-state index >= 15 is 0 Å². The minimum atomic E-state index is -0.558. The van der Waals surface area contributed by atoms with Gasteiger partial charge in [-0.3, -0.25) is 4.79 Å². The Hall–Kier alpha value is -1.98. The number of amides is 1. The summed E-state index contributed by atoms with van der Waals surface area (Å²) in [6.07, 6.45) is 3.50. The molecule has 1 amide bonds. The van der Waals surface area contributed by atoms with Crippen molar-refractivity contribution in [1.82, 2.24) is 9.88 Å². The van der Waals surface area contributed by atoms with Crippen LogP contribution in [0.25, 0.3) is 0 Å². The Bertz CT molecular complexity index is 454. The van der Waals surface area contributed by atoms with Crippen LogP contribution < -0.4 is 11.1 Å². The van der Waals surface area contributed by atoms with E-state index in [9.17, 15) is 9.59 Å². The van der Waals surface area contributed by atoms with Gasteiger partial charge in [0, 0.05) is 19.3 Å². The lowest BCUT2D eigenvalue weighted by Crippen LogP contribution is -2.35. The molecule has 0 aliphatic heterocycles. The number of nitrogens with two attached hydrogens (primary N) is 1. The highest BCUT2D eigenvalue weighted by atomic mass is 16.5. The highest BCUT2D eigenvalue weighted by molar-refractivity contribution is 5.91. The fourth-order valence-corrected chi connectivity index (χ4v) is 1.82. The van der Waals surface area contributed by atoms with Gasteiger partial charge in [0.15, 0.2) is 6.61 Å². The number of rotatable bonds is 6. The summed E-state index contributed by atoms with van der Waals surface area (Å²) < 4.78 is 6.50. The maximum atomic E-state index is 11.7.